The molecule has 0 saturated carbocycles. The van der Waals surface area contributed by atoms with Gasteiger partial charge in [0.1, 0.15) is 5.01 Å². The number of amides is 1. The maximum atomic E-state index is 12.7. The van der Waals surface area contributed by atoms with Crippen molar-refractivity contribution in [3.05, 3.63) is 64.7 Å². The molecule has 0 N–H and O–H groups in total. The number of rotatable bonds is 6. The van der Waals surface area contributed by atoms with Crippen LogP contribution in [0.1, 0.15) is 42.4 Å². The highest BCUT2D eigenvalue weighted by Crippen LogP contribution is 2.30. The van der Waals surface area contributed by atoms with E-state index in [1.807, 2.05) is 11.0 Å². The molecule has 1 aliphatic rings. The summed E-state index contributed by atoms with van der Waals surface area (Å²) in [7, 11) is 0. The van der Waals surface area contributed by atoms with Gasteiger partial charge in [0.2, 0.25) is 5.91 Å². The van der Waals surface area contributed by atoms with Crippen molar-refractivity contribution >= 4 is 27.5 Å². The second-order valence-corrected chi connectivity index (χ2v) is 8.84. The summed E-state index contributed by atoms with van der Waals surface area (Å²) in [6, 6.07) is 17.3. The topological polar surface area (TPSA) is 36.4 Å². The van der Waals surface area contributed by atoms with E-state index in [4.69, 9.17) is 4.98 Å². The van der Waals surface area contributed by atoms with Crippen molar-refractivity contribution in [3.8, 4) is 0 Å². The molecule has 1 unspecified atom stereocenters. The number of carbonyl (C=O) groups excluding carboxylic acids is 1. The van der Waals surface area contributed by atoms with Gasteiger partial charge in [-0.25, -0.2) is 4.98 Å². The summed E-state index contributed by atoms with van der Waals surface area (Å²) in [6.07, 6.45) is 2.48. The number of fused-ring (bicyclic) bond motifs is 1. The van der Waals surface area contributed by atoms with Crippen molar-refractivity contribution in [1.82, 2.24) is 14.8 Å². The van der Waals surface area contributed by atoms with Crippen LogP contribution < -0.4 is 0 Å². The number of piperazine rings is 1. The van der Waals surface area contributed by atoms with Crippen molar-refractivity contribution in [1.29, 1.82) is 0 Å². The molecule has 1 fully saturated rings. The second kappa shape index (κ2) is 9.06. The van der Waals surface area contributed by atoms with Gasteiger partial charge < -0.3 is 4.90 Å². The van der Waals surface area contributed by atoms with Gasteiger partial charge in [0.15, 0.2) is 0 Å². The molecule has 4 nitrogen and oxygen atoms in total. The Bertz CT molecular complexity index is 925. The Hall–Kier alpha value is -2.24. The van der Waals surface area contributed by atoms with Gasteiger partial charge in [0.25, 0.3) is 0 Å². The number of hydrogen-bond donors (Lipinski definition) is 0. The minimum Gasteiger partial charge on any atom is -0.340 e. The van der Waals surface area contributed by atoms with Crippen molar-refractivity contribution in [3.63, 3.8) is 0 Å². The normalized spacial score (nSPS) is 16.3. The quantitative estimate of drug-likeness (QED) is 0.594. The van der Waals surface area contributed by atoms with Crippen molar-refractivity contribution in [2.24, 2.45) is 0 Å². The lowest BCUT2D eigenvalue weighted by atomic mass is 10.1. The van der Waals surface area contributed by atoms with Gasteiger partial charge in [-0.15, -0.1) is 11.3 Å². The van der Waals surface area contributed by atoms with E-state index in [1.54, 1.807) is 11.3 Å². The molecule has 0 radical (unpaired) electrons. The first kappa shape index (κ1) is 20.0. The standard InChI is InChI=1S/C24H29N3OS/c1-3-19-8-10-20(11-9-19)12-13-23(28)27-16-14-26(15-17-27)18(2)24-25-21-6-4-5-7-22(21)29-24/h4-11,18H,3,12-17H2,1-2H3. The molecule has 0 aliphatic carbocycles. The number of hydrogen-bond acceptors (Lipinski definition) is 4. The van der Waals surface area contributed by atoms with Crippen LogP contribution in [0, 0.1) is 0 Å². The van der Waals surface area contributed by atoms with Crippen LogP contribution in [0.15, 0.2) is 48.5 Å². The fourth-order valence-corrected chi connectivity index (χ4v) is 4.99. The molecule has 0 spiro atoms. The van der Waals surface area contributed by atoms with E-state index in [-0.39, 0.29) is 5.91 Å². The summed E-state index contributed by atoms with van der Waals surface area (Å²) < 4.78 is 1.25. The van der Waals surface area contributed by atoms with Gasteiger partial charge in [-0.3, -0.25) is 9.69 Å². The molecule has 1 atom stereocenters. The lowest BCUT2D eigenvalue weighted by molar-refractivity contribution is -0.133. The van der Waals surface area contributed by atoms with Gasteiger partial charge in [0.05, 0.1) is 16.3 Å². The third-order valence-corrected chi connectivity index (χ3v) is 7.15. The lowest BCUT2D eigenvalue weighted by Gasteiger charge is -2.37. The molecular weight excluding hydrogens is 378 g/mol. The molecule has 4 rings (SSSR count). The van der Waals surface area contributed by atoms with E-state index in [2.05, 4.69) is 61.2 Å². The predicted molar refractivity (Wildman–Crippen MR) is 120 cm³/mol. The zero-order chi connectivity index (χ0) is 20.2. The Morgan fingerprint density at radius 3 is 2.41 bits per heavy atom. The Labute approximate surface area is 177 Å². The summed E-state index contributed by atoms with van der Waals surface area (Å²) in [5.74, 6) is 0.275. The van der Waals surface area contributed by atoms with Gasteiger partial charge in [0, 0.05) is 32.6 Å². The number of nitrogens with zero attached hydrogens (tertiary/aromatic N) is 3. The third-order valence-electron chi connectivity index (χ3n) is 5.94. The molecule has 2 heterocycles. The smallest absolute Gasteiger partial charge is 0.222 e. The Balaban J connectivity index is 1.28. The summed E-state index contributed by atoms with van der Waals surface area (Å²) in [5, 5.41) is 1.17. The van der Waals surface area contributed by atoms with Crippen LogP contribution >= 0.6 is 11.3 Å². The predicted octanol–water partition coefficient (Wildman–Crippen LogP) is 4.70. The lowest BCUT2D eigenvalue weighted by Crippen LogP contribution is -2.49. The Morgan fingerprint density at radius 2 is 1.72 bits per heavy atom. The maximum absolute atomic E-state index is 12.7. The van der Waals surface area contributed by atoms with Crippen LogP contribution in [-0.4, -0.2) is 46.9 Å². The van der Waals surface area contributed by atoms with E-state index in [0.29, 0.717) is 12.5 Å². The molecule has 3 aromatic rings. The van der Waals surface area contributed by atoms with Crippen LogP contribution in [0.25, 0.3) is 10.2 Å². The van der Waals surface area contributed by atoms with E-state index in [0.717, 1.165) is 44.5 Å². The summed E-state index contributed by atoms with van der Waals surface area (Å²) in [6.45, 7) is 7.83. The van der Waals surface area contributed by atoms with Gasteiger partial charge in [-0.2, -0.15) is 0 Å². The molecule has 1 aliphatic heterocycles. The molecule has 5 heteroatoms. The van der Waals surface area contributed by atoms with Gasteiger partial charge in [-0.05, 0) is 43.0 Å². The first-order valence-electron chi connectivity index (χ1n) is 10.6. The van der Waals surface area contributed by atoms with Crippen LogP contribution in [0.2, 0.25) is 0 Å². The molecule has 1 saturated heterocycles. The van der Waals surface area contributed by atoms with Crippen LogP contribution in [-0.2, 0) is 17.6 Å². The van der Waals surface area contributed by atoms with Crippen LogP contribution in [0.3, 0.4) is 0 Å². The third kappa shape index (κ3) is 4.68. The minimum absolute atomic E-state index is 0.275. The fraction of sp³-hybridized carbons (Fsp3) is 0.417. The first-order chi connectivity index (χ1) is 14.1. The summed E-state index contributed by atoms with van der Waals surface area (Å²) in [5.41, 5.74) is 3.68. The van der Waals surface area contributed by atoms with Gasteiger partial charge >= 0.3 is 0 Å². The second-order valence-electron chi connectivity index (χ2n) is 7.78. The number of para-hydroxylation sites is 1. The molecule has 152 valence electrons. The average molecular weight is 408 g/mol. The highest BCUT2D eigenvalue weighted by molar-refractivity contribution is 7.18. The number of aryl methyl sites for hydroxylation is 2. The number of aromatic nitrogens is 1. The maximum Gasteiger partial charge on any atom is 0.222 e. The average Bonchev–Trinajstić information content (AvgIpc) is 3.22. The molecule has 29 heavy (non-hydrogen) atoms. The first-order valence-corrected chi connectivity index (χ1v) is 11.4. The molecule has 1 aromatic heterocycles. The zero-order valence-corrected chi connectivity index (χ0v) is 18.1. The number of benzene rings is 2. The van der Waals surface area contributed by atoms with E-state index in [1.165, 1.54) is 20.8 Å². The van der Waals surface area contributed by atoms with E-state index >= 15 is 0 Å². The number of carbonyl (C=O) groups is 1. The SMILES string of the molecule is CCc1ccc(CCC(=O)N2CCN(C(C)c3nc4ccccc4s3)CC2)cc1. The molecule has 0 bridgehead atoms. The summed E-state index contributed by atoms with van der Waals surface area (Å²) >= 11 is 1.78. The van der Waals surface area contributed by atoms with Crippen LogP contribution in [0.5, 0.6) is 0 Å². The Morgan fingerprint density at radius 1 is 1.03 bits per heavy atom. The largest absolute Gasteiger partial charge is 0.340 e. The van der Waals surface area contributed by atoms with E-state index < -0.39 is 0 Å². The van der Waals surface area contributed by atoms with Crippen molar-refractivity contribution in [2.75, 3.05) is 26.2 Å². The number of thiazole rings is 1. The molecule has 1 amide bonds. The van der Waals surface area contributed by atoms with E-state index in [9.17, 15) is 4.79 Å². The summed E-state index contributed by atoms with van der Waals surface area (Å²) in [4.78, 5) is 21.9. The monoisotopic (exact) mass is 407 g/mol. The zero-order valence-electron chi connectivity index (χ0n) is 17.3. The highest BCUT2D eigenvalue weighted by atomic mass is 32.1. The molecule has 2 aromatic carbocycles. The van der Waals surface area contributed by atoms with Crippen molar-refractivity contribution < 1.29 is 4.79 Å². The minimum atomic E-state index is 0.275. The van der Waals surface area contributed by atoms with Gasteiger partial charge in [-0.1, -0.05) is 43.3 Å². The molecular formula is C24H29N3OS. The highest BCUT2D eigenvalue weighted by Gasteiger charge is 2.26. The fourth-order valence-electron chi connectivity index (χ4n) is 3.93. The van der Waals surface area contributed by atoms with Crippen LogP contribution in [0.4, 0.5) is 0 Å². The van der Waals surface area contributed by atoms with Crippen molar-refractivity contribution in [2.45, 2.75) is 39.2 Å². The Kier molecular flexibility index (Phi) is 6.26.